The van der Waals surface area contributed by atoms with Crippen LogP contribution in [0.3, 0.4) is 0 Å². The number of hydrogen-bond donors (Lipinski definition) is 1. The monoisotopic (exact) mass is 204 g/mol. The van der Waals surface area contributed by atoms with Crippen molar-refractivity contribution in [3.63, 3.8) is 0 Å². The van der Waals surface area contributed by atoms with Crippen molar-refractivity contribution >= 4 is 0 Å². The Morgan fingerprint density at radius 1 is 1.33 bits per heavy atom. The minimum atomic E-state index is 0.366. The highest BCUT2D eigenvalue weighted by Crippen LogP contribution is 2.29. The van der Waals surface area contributed by atoms with E-state index in [-0.39, 0.29) is 0 Å². The first-order valence-corrected chi connectivity index (χ1v) is 5.85. The normalized spacial score (nSPS) is 19.3. The van der Waals surface area contributed by atoms with E-state index in [9.17, 15) is 0 Å². The highest BCUT2D eigenvalue weighted by atomic mass is 15.0. The molecule has 1 N–H and O–H groups in total. The van der Waals surface area contributed by atoms with Gasteiger partial charge in [0.15, 0.2) is 0 Å². The molecule has 2 nitrogen and oxygen atoms in total. The second-order valence-electron chi connectivity index (χ2n) is 4.93. The lowest BCUT2D eigenvalue weighted by Gasteiger charge is -2.25. The minimum Gasteiger partial charge on any atom is -0.307 e. The minimum absolute atomic E-state index is 0.366. The van der Waals surface area contributed by atoms with Crippen LogP contribution < -0.4 is 5.32 Å². The van der Waals surface area contributed by atoms with E-state index in [1.807, 2.05) is 13.1 Å². The zero-order chi connectivity index (χ0) is 10.7. The Morgan fingerprint density at radius 3 is 2.67 bits per heavy atom. The second kappa shape index (κ2) is 4.31. The fraction of sp³-hybridized carbons (Fsp3) is 0.615. The van der Waals surface area contributed by atoms with Crippen molar-refractivity contribution in [3.8, 4) is 0 Å². The summed E-state index contributed by atoms with van der Waals surface area (Å²) in [7, 11) is 0. The van der Waals surface area contributed by atoms with Gasteiger partial charge in [0.05, 0.1) is 0 Å². The molecule has 1 aromatic rings. The molecule has 0 spiro atoms. The standard InChI is InChI=1S/C13H20N2/c1-11-5-6-12(9-14-11)10-15-13(2)7-3-4-8-13/h5-6,9,15H,3-4,7-8,10H2,1-2H3. The molecule has 0 aliphatic heterocycles. The summed E-state index contributed by atoms with van der Waals surface area (Å²) < 4.78 is 0. The fourth-order valence-corrected chi connectivity index (χ4v) is 2.25. The van der Waals surface area contributed by atoms with Crippen LogP contribution in [0.2, 0.25) is 0 Å². The van der Waals surface area contributed by atoms with E-state index in [0.717, 1.165) is 12.2 Å². The zero-order valence-corrected chi connectivity index (χ0v) is 9.71. The summed E-state index contributed by atoms with van der Waals surface area (Å²) in [6.07, 6.45) is 7.34. The first-order valence-electron chi connectivity index (χ1n) is 5.85. The van der Waals surface area contributed by atoms with Crippen molar-refractivity contribution in [1.82, 2.24) is 10.3 Å². The Labute approximate surface area is 92.1 Å². The predicted molar refractivity (Wildman–Crippen MR) is 62.7 cm³/mol. The quantitative estimate of drug-likeness (QED) is 0.819. The molecule has 2 heteroatoms. The van der Waals surface area contributed by atoms with Gasteiger partial charge < -0.3 is 5.32 Å². The van der Waals surface area contributed by atoms with Crippen LogP contribution in [0.5, 0.6) is 0 Å². The summed E-state index contributed by atoms with van der Waals surface area (Å²) >= 11 is 0. The van der Waals surface area contributed by atoms with Crippen molar-refractivity contribution in [2.24, 2.45) is 0 Å². The molecule has 1 aromatic heterocycles. The molecule has 0 unspecified atom stereocenters. The Hall–Kier alpha value is -0.890. The third kappa shape index (κ3) is 2.78. The first kappa shape index (κ1) is 10.6. The maximum Gasteiger partial charge on any atom is 0.0372 e. The van der Waals surface area contributed by atoms with Crippen molar-refractivity contribution in [2.75, 3.05) is 0 Å². The molecule has 0 amide bonds. The van der Waals surface area contributed by atoms with Gasteiger partial charge in [0.2, 0.25) is 0 Å². The van der Waals surface area contributed by atoms with Gasteiger partial charge in [-0.3, -0.25) is 4.98 Å². The molecule has 0 bridgehead atoms. The zero-order valence-electron chi connectivity index (χ0n) is 9.71. The van der Waals surface area contributed by atoms with Crippen molar-refractivity contribution in [2.45, 2.75) is 51.6 Å². The molecule has 0 radical (unpaired) electrons. The Kier molecular flexibility index (Phi) is 3.06. The number of rotatable bonds is 3. The molecule has 1 aliphatic carbocycles. The van der Waals surface area contributed by atoms with Crippen LogP contribution in [0, 0.1) is 6.92 Å². The van der Waals surface area contributed by atoms with Gasteiger partial charge in [-0.25, -0.2) is 0 Å². The third-order valence-electron chi connectivity index (χ3n) is 3.40. The molecule has 1 aliphatic rings. The van der Waals surface area contributed by atoms with Gasteiger partial charge in [-0.1, -0.05) is 18.9 Å². The third-order valence-corrected chi connectivity index (χ3v) is 3.40. The first-order chi connectivity index (χ1) is 7.18. The molecule has 0 saturated heterocycles. The van der Waals surface area contributed by atoms with E-state index in [0.29, 0.717) is 5.54 Å². The summed E-state index contributed by atoms with van der Waals surface area (Å²) in [5, 5.41) is 3.65. The molecule has 1 saturated carbocycles. The van der Waals surface area contributed by atoms with E-state index in [2.05, 4.69) is 29.4 Å². The Balaban J connectivity index is 1.90. The lowest BCUT2D eigenvalue weighted by Crippen LogP contribution is -2.38. The Morgan fingerprint density at radius 2 is 2.07 bits per heavy atom. The van der Waals surface area contributed by atoms with Gasteiger partial charge in [-0.2, -0.15) is 0 Å². The van der Waals surface area contributed by atoms with E-state index in [1.165, 1.54) is 31.2 Å². The molecular weight excluding hydrogens is 184 g/mol. The highest BCUT2D eigenvalue weighted by molar-refractivity contribution is 5.13. The summed E-state index contributed by atoms with van der Waals surface area (Å²) in [5.74, 6) is 0. The highest BCUT2D eigenvalue weighted by Gasteiger charge is 2.27. The molecule has 82 valence electrons. The maximum atomic E-state index is 4.31. The average molecular weight is 204 g/mol. The number of hydrogen-bond acceptors (Lipinski definition) is 2. The van der Waals surface area contributed by atoms with Crippen LogP contribution in [-0.2, 0) is 6.54 Å². The van der Waals surface area contributed by atoms with Gasteiger partial charge in [-0.15, -0.1) is 0 Å². The van der Waals surface area contributed by atoms with Crippen LogP contribution in [0.15, 0.2) is 18.3 Å². The van der Waals surface area contributed by atoms with Gasteiger partial charge >= 0.3 is 0 Å². The van der Waals surface area contributed by atoms with Crippen LogP contribution in [0.25, 0.3) is 0 Å². The average Bonchev–Trinajstić information content (AvgIpc) is 2.65. The van der Waals surface area contributed by atoms with Crippen LogP contribution in [-0.4, -0.2) is 10.5 Å². The van der Waals surface area contributed by atoms with Crippen LogP contribution >= 0.6 is 0 Å². The van der Waals surface area contributed by atoms with Gasteiger partial charge in [0, 0.05) is 24.0 Å². The molecule has 0 atom stereocenters. The van der Waals surface area contributed by atoms with Gasteiger partial charge in [0.25, 0.3) is 0 Å². The number of pyridine rings is 1. The summed E-state index contributed by atoms with van der Waals surface area (Å²) in [6, 6.07) is 4.24. The van der Waals surface area contributed by atoms with E-state index in [4.69, 9.17) is 0 Å². The number of aryl methyl sites for hydroxylation is 1. The van der Waals surface area contributed by atoms with E-state index >= 15 is 0 Å². The Bertz CT molecular complexity index is 310. The van der Waals surface area contributed by atoms with E-state index < -0.39 is 0 Å². The second-order valence-corrected chi connectivity index (χ2v) is 4.93. The number of aromatic nitrogens is 1. The number of nitrogens with zero attached hydrogens (tertiary/aromatic N) is 1. The smallest absolute Gasteiger partial charge is 0.0372 e. The summed E-state index contributed by atoms with van der Waals surface area (Å²) in [5.41, 5.74) is 2.74. The molecule has 1 heterocycles. The molecule has 1 fully saturated rings. The fourth-order valence-electron chi connectivity index (χ4n) is 2.25. The maximum absolute atomic E-state index is 4.31. The molecule has 0 aromatic carbocycles. The van der Waals surface area contributed by atoms with Gasteiger partial charge in [-0.05, 0) is 38.3 Å². The van der Waals surface area contributed by atoms with Crippen molar-refractivity contribution < 1.29 is 0 Å². The van der Waals surface area contributed by atoms with Crippen molar-refractivity contribution in [3.05, 3.63) is 29.6 Å². The van der Waals surface area contributed by atoms with Crippen LogP contribution in [0.1, 0.15) is 43.9 Å². The lowest BCUT2D eigenvalue weighted by atomic mass is 10.0. The summed E-state index contributed by atoms with van der Waals surface area (Å²) in [4.78, 5) is 4.31. The predicted octanol–water partition coefficient (Wildman–Crippen LogP) is 2.81. The van der Waals surface area contributed by atoms with E-state index in [1.54, 1.807) is 0 Å². The SMILES string of the molecule is Cc1ccc(CNC2(C)CCCC2)cn1. The number of nitrogens with one attached hydrogen (secondary N) is 1. The molecular formula is C13H20N2. The molecule has 15 heavy (non-hydrogen) atoms. The molecule has 2 rings (SSSR count). The largest absolute Gasteiger partial charge is 0.307 e. The topological polar surface area (TPSA) is 24.9 Å². The van der Waals surface area contributed by atoms with Crippen molar-refractivity contribution in [1.29, 1.82) is 0 Å². The van der Waals surface area contributed by atoms with Crippen LogP contribution in [0.4, 0.5) is 0 Å². The summed E-state index contributed by atoms with van der Waals surface area (Å²) in [6.45, 7) is 5.31. The lowest BCUT2D eigenvalue weighted by molar-refractivity contribution is 0.362. The van der Waals surface area contributed by atoms with Gasteiger partial charge in [0.1, 0.15) is 0 Å².